The molecule has 1 aliphatic carbocycles. The van der Waals surface area contributed by atoms with Crippen molar-refractivity contribution >= 4 is 28.9 Å². The third kappa shape index (κ3) is 3.14. The van der Waals surface area contributed by atoms with Crippen molar-refractivity contribution in [3.8, 4) is 0 Å². The molecule has 1 N–H and O–H groups in total. The molecule has 5 heteroatoms. The van der Waals surface area contributed by atoms with E-state index in [2.05, 4.69) is 5.32 Å². The van der Waals surface area contributed by atoms with E-state index in [9.17, 15) is 8.78 Å². The number of benzene rings is 2. The monoisotopic (exact) mass is 327 g/mol. The maximum absolute atomic E-state index is 13.2. The quantitative estimate of drug-likeness (QED) is 0.770. The van der Waals surface area contributed by atoms with Crippen molar-refractivity contribution in [3.63, 3.8) is 0 Å². The van der Waals surface area contributed by atoms with Crippen molar-refractivity contribution in [2.24, 2.45) is 0 Å². The van der Waals surface area contributed by atoms with Gasteiger partial charge < -0.3 is 5.32 Å². The molecular weight excluding hydrogens is 315 g/mol. The lowest BCUT2D eigenvalue weighted by atomic mass is 9.76. The highest BCUT2D eigenvalue weighted by Gasteiger charge is 2.31. The summed E-state index contributed by atoms with van der Waals surface area (Å²) in [4.78, 5) is 0. The zero-order valence-electron chi connectivity index (χ0n) is 11.0. The Labute approximate surface area is 131 Å². The van der Waals surface area contributed by atoms with Gasteiger partial charge in [-0.1, -0.05) is 35.3 Å². The number of nitrogens with one attached hydrogen (secondary N) is 1. The van der Waals surface area contributed by atoms with Crippen molar-refractivity contribution in [1.29, 1.82) is 0 Å². The molecule has 2 aromatic carbocycles. The van der Waals surface area contributed by atoms with Crippen LogP contribution in [0.25, 0.3) is 0 Å². The standard InChI is InChI=1S/C16H13Cl2F2N/c17-14-7-12(20)8-15(18)16(14)21-13-5-10(6-13)9-2-1-3-11(19)4-9/h1-4,7-8,10,13,21H,5-6H2. The van der Waals surface area contributed by atoms with Crippen molar-refractivity contribution in [3.05, 3.63) is 63.6 Å². The normalized spacial score (nSPS) is 21.0. The lowest BCUT2D eigenvalue weighted by Crippen LogP contribution is -2.34. The maximum atomic E-state index is 13.2. The fraction of sp³-hybridized carbons (Fsp3) is 0.250. The van der Waals surface area contributed by atoms with Crippen LogP contribution in [0.2, 0.25) is 10.0 Å². The maximum Gasteiger partial charge on any atom is 0.126 e. The number of hydrogen-bond acceptors (Lipinski definition) is 1. The Balaban J connectivity index is 1.65. The topological polar surface area (TPSA) is 12.0 Å². The van der Waals surface area contributed by atoms with Gasteiger partial charge in [0.15, 0.2) is 0 Å². The van der Waals surface area contributed by atoms with Gasteiger partial charge in [0, 0.05) is 6.04 Å². The Morgan fingerprint density at radius 1 is 0.952 bits per heavy atom. The average molecular weight is 328 g/mol. The second-order valence-electron chi connectivity index (χ2n) is 5.31. The molecule has 1 saturated carbocycles. The third-order valence-corrected chi connectivity index (χ3v) is 4.41. The van der Waals surface area contributed by atoms with Crippen LogP contribution in [0.15, 0.2) is 36.4 Å². The van der Waals surface area contributed by atoms with Crippen molar-refractivity contribution in [2.75, 3.05) is 5.32 Å². The molecule has 110 valence electrons. The van der Waals surface area contributed by atoms with E-state index in [0.717, 1.165) is 18.4 Å². The number of hydrogen-bond donors (Lipinski definition) is 1. The molecule has 0 amide bonds. The lowest BCUT2D eigenvalue weighted by Gasteiger charge is -2.37. The highest BCUT2D eigenvalue weighted by Crippen LogP contribution is 2.41. The van der Waals surface area contributed by atoms with Gasteiger partial charge in [-0.3, -0.25) is 0 Å². The first-order valence-electron chi connectivity index (χ1n) is 6.69. The molecule has 0 bridgehead atoms. The summed E-state index contributed by atoms with van der Waals surface area (Å²) in [5.41, 5.74) is 1.56. The van der Waals surface area contributed by atoms with Gasteiger partial charge in [0.1, 0.15) is 11.6 Å². The van der Waals surface area contributed by atoms with Crippen LogP contribution in [-0.2, 0) is 0 Å². The Morgan fingerprint density at radius 2 is 1.62 bits per heavy atom. The van der Waals surface area contributed by atoms with Crippen molar-refractivity contribution < 1.29 is 8.78 Å². The Hall–Kier alpha value is -1.32. The van der Waals surface area contributed by atoms with E-state index in [1.807, 2.05) is 6.07 Å². The first kappa shape index (κ1) is 14.6. The van der Waals surface area contributed by atoms with E-state index in [0.29, 0.717) is 11.6 Å². The molecule has 0 radical (unpaired) electrons. The van der Waals surface area contributed by atoms with Gasteiger partial charge in [-0.25, -0.2) is 8.78 Å². The number of halogens is 4. The minimum absolute atomic E-state index is 0.207. The summed E-state index contributed by atoms with van der Waals surface area (Å²) < 4.78 is 26.3. The fourth-order valence-corrected chi connectivity index (χ4v) is 3.22. The van der Waals surface area contributed by atoms with E-state index in [1.165, 1.54) is 18.2 Å². The summed E-state index contributed by atoms with van der Waals surface area (Å²) in [5, 5.41) is 3.78. The van der Waals surface area contributed by atoms with E-state index < -0.39 is 5.82 Å². The molecule has 1 aliphatic rings. The van der Waals surface area contributed by atoms with E-state index in [1.54, 1.807) is 12.1 Å². The largest absolute Gasteiger partial charge is 0.380 e. The van der Waals surface area contributed by atoms with Crippen LogP contribution in [0.3, 0.4) is 0 Å². The fourth-order valence-electron chi connectivity index (χ4n) is 2.65. The van der Waals surface area contributed by atoms with Crippen LogP contribution < -0.4 is 5.32 Å². The van der Waals surface area contributed by atoms with Gasteiger partial charge in [0.2, 0.25) is 0 Å². The van der Waals surface area contributed by atoms with Gasteiger partial charge in [0.25, 0.3) is 0 Å². The average Bonchev–Trinajstić information content (AvgIpc) is 2.35. The second kappa shape index (κ2) is 5.82. The summed E-state index contributed by atoms with van der Waals surface area (Å²) in [6.45, 7) is 0. The van der Waals surface area contributed by atoms with Gasteiger partial charge in [-0.05, 0) is 48.6 Å². The predicted octanol–water partition coefficient (Wildman–Crippen LogP) is 5.63. The summed E-state index contributed by atoms with van der Waals surface area (Å²) in [5.74, 6) is -0.341. The molecule has 3 rings (SSSR count). The molecular formula is C16H13Cl2F2N. The van der Waals surface area contributed by atoms with E-state index >= 15 is 0 Å². The minimum atomic E-state index is -0.457. The first-order valence-corrected chi connectivity index (χ1v) is 7.45. The SMILES string of the molecule is Fc1cccc(C2CC(Nc3c(Cl)cc(F)cc3Cl)C2)c1. The second-order valence-corrected chi connectivity index (χ2v) is 6.12. The van der Waals surface area contributed by atoms with Crippen LogP contribution >= 0.6 is 23.2 Å². The van der Waals surface area contributed by atoms with Crippen LogP contribution in [0.5, 0.6) is 0 Å². The molecule has 21 heavy (non-hydrogen) atoms. The van der Waals surface area contributed by atoms with Crippen LogP contribution in [0.1, 0.15) is 24.3 Å². The molecule has 1 fully saturated rings. The molecule has 0 heterocycles. The van der Waals surface area contributed by atoms with Crippen LogP contribution in [0.4, 0.5) is 14.5 Å². The number of rotatable bonds is 3. The lowest BCUT2D eigenvalue weighted by molar-refractivity contribution is 0.373. The Bertz CT molecular complexity index is 646. The molecule has 0 aromatic heterocycles. The molecule has 0 atom stereocenters. The Kier molecular flexibility index (Phi) is 4.05. The van der Waals surface area contributed by atoms with Crippen LogP contribution in [-0.4, -0.2) is 6.04 Å². The first-order chi connectivity index (χ1) is 10.0. The predicted molar refractivity (Wildman–Crippen MR) is 82.2 cm³/mol. The highest BCUT2D eigenvalue weighted by atomic mass is 35.5. The Morgan fingerprint density at radius 3 is 2.24 bits per heavy atom. The van der Waals surface area contributed by atoms with Crippen LogP contribution in [0, 0.1) is 11.6 Å². The smallest absolute Gasteiger partial charge is 0.126 e. The summed E-state index contributed by atoms with van der Waals surface area (Å²) in [6, 6.07) is 9.34. The van der Waals surface area contributed by atoms with E-state index in [-0.39, 0.29) is 21.9 Å². The van der Waals surface area contributed by atoms with Gasteiger partial charge in [-0.2, -0.15) is 0 Å². The van der Waals surface area contributed by atoms with Gasteiger partial charge in [-0.15, -0.1) is 0 Å². The van der Waals surface area contributed by atoms with E-state index in [4.69, 9.17) is 23.2 Å². The van der Waals surface area contributed by atoms with Gasteiger partial charge >= 0.3 is 0 Å². The minimum Gasteiger partial charge on any atom is -0.380 e. The molecule has 1 nitrogen and oxygen atoms in total. The molecule has 0 aliphatic heterocycles. The van der Waals surface area contributed by atoms with Crippen molar-refractivity contribution in [2.45, 2.75) is 24.8 Å². The molecule has 0 saturated heterocycles. The highest BCUT2D eigenvalue weighted by molar-refractivity contribution is 6.39. The summed E-state index contributed by atoms with van der Waals surface area (Å²) >= 11 is 12.0. The summed E-state index contributed by atoms with van der Waals surface area (Å²) in [7, 11) is 0. The molecule has 0 spiro atoms. The number of anilines is 1. The van der Waals surface area contributed by atoms with Crippen molar-refractivity contribution in [1.82, 2.24) is 0 Å². The van der Waals surface area contributed by atoms with Gasteiger partial charge in [0.05, 0.1) is 15.7 Å². The zero-order valence-corrected chi connectivity index (χ0v) is 12.6. The molecule has 0 unspecified atom stereocenters. The third-order valence-electron chi connectivity index (χ3n) is 3.81. The summed E-state index contributed by atoms with van der Waals surface area (Å²) in [6.07, 6.45) is 1.74. The molecule has 2 aromatic rings. The zero-order chi connectivity index (χ0) is 15.0.